The van der Waals surface area contributed by atoms with Gasteiger partial charge in [0.1, 0.15) is 5.82 Å². The van der Waals surface area contributed by atoms with Crippen molar-refractivity contribution in [2.24, 2.45) is 5.92 Å². The highest BCUT2D eigenvalue weighted by molar-refractivity contribution is 5.24. The van der Waals surface area contributed by atoms with Crippen LogP contribution in [0.1, 0.15) is 42.6 Å². The second-order valence-electron chi connectivity index (χ2n) is 7.58. The number of rotatable bonds is 5. The molecule has 2 saturated heterocycles. The number of hydrogen-bond donors (Lipinski definition) is 2. The molecule has 2 aliphatic rings. The Hall–Kier alpha value is -1.76. The van der Waals surface area contributed by atoms with Gasteiger partial charge in [-0.15, -0.1) is 0 Å². The topological polar surface area (TPSA) is 45.1 Å². The summed E-state index contributed by atoms with van der Waals surface area (Å²) in [7, 11) is 0. The minimum Gasteiger partial charge on any atom is -0.298 e. The third-order valence-corrected chi connectivity index (χ3v) is 5.73. The van der Waals surface area contributed by atoms with Crippen molar-refractivity contribution in [3.63, 3.8) is 0 Å². The molecule has 4 rings (SSSR count). The highest BCUT2D eigenvalue weighted by Crippen LogP contribution is 2.35. The molecule has 0 amide bonds. The lowest BCUT2D eigenvalue weighted by Gasteiger charge is -2.36. The van der Waals surface area contributed by atoms with E-state index in [0.29, 0.717) is 12.0 Å². The molecule has 3 unspecified atom stereocenters. The Kier molecular flexibility index (Phi) is 5.07. The van der Waals surface area contributed by atoms with Crippen LogP contribution in [0.3, 0.4) is 0 Å². The Balaban J connectivity index is 1.47. The minimum atomic E-state index is -0.124. The first-order chi connectivity index (χ1) is 12.7. The maximum Gasteiger partial charge on any atom is 0.128 e. The van der Waals surface area contributed by atoms with Crippen molar-refractivity contribution in [1.82, 2.24) is 25.5 Å². The van der Waals surface area contributed by atoms with Crippen molar-refractivity contribution in [3.8, 4) is 0 Å². The van der Waals surface area contributed by atoms with Gasteiger partial charge in [0, 0.05) is 55.5 Å². The van der Waals surface area contributed by atoms with Crippen molar-refractivity contribution in [3.05, 3.63) is 53.1 Å². The molecule has 2 N–H and O–H groups in total. The van der Waals surface area contributed by atoms with E-state index in [4.69, 9.17) is 0 Å². The number of benzene rings is 1. The Morgan fingerprint density at radius 3 is 2.92 bits per heavy atom. The molecular formula is C20H28FN5. The maximum absolute atomic E-state index is 14.3. The number of nitrogens with one attached hydrogen (secondary N) is 2. The zero-order valence-electron chi connectivity index (χ0n) is 15.6. The van der Waals surface area contributed by atoms with E-state index in [1.165, 1.54) is 5.56 Å². The van der Waals surface area contributed by atoms with Crippen LogP contribution in [0.2, 0.25) is 0 Å². The highest BCUT2D eigenvalue weighted by Gasteiger charge is 2.41. The molecule has 3 heterocycles. The van der Waals surface area contributed by atoms with Crippen molar-refractivity contribution in [2.45, 2.75) is 51.9 Å². The summed E-state index contributed by atoms with van der Waals surface area (Å²) in [5, 5.41) is 4.62. The smallest absolute Gasteiger partial charge is 0.128 e. The first-order valence-corrected chi connectivity index (χ1v) is 9.66. The Morgan fingerprint density at radius 2 is 2.12 bits per heavy atom. The van der Waals surface area contributed by atoms with Crippen LogP contribution >= 0.6 is 0 Å². The predicted molar refractivity (Wildman–Crippen MR) is 99.8 cm³/mol. The molecule has 0 aliphatic carbocycles. The van der Waals surface area contributed by atoms with E-state index in [0.717, 1.165) is 50.3 Å². The van der Waals surface area contributed by atoms with Crippen molar-refractivity contribution >= 4 is 0 Å². The summed E-state index contributed by atoms with van der Waals surface area (Å²) in [4.78, 5) is 2.49. The molecule has 0 radical (unpaired) electrons. The predicted octanol–water partition coefficient (Wildman–Crippen LogP) is 2.78. The third-order valence-electron chi connectivity index (χ3n) is 5.73. The number of aromatic nitrogens is 2. The second-order valence-corrected chi connectivity index (χ2v) is 7.58. The molecule has 3 atom stereocenters. The average Bonchev–Trinajstić information content (AvgIpc) is 3.19. The van der Waals surface area contributed by atoms with Gasteiger partial charge in [-0.2, -0.15) is 5.10 Å². The number of hydrogen-bond acceptors (Lipinski definition) is 4. The van der Waals surface area contributed by atoms with Crippen molar-refractivity contribution in [2.75, 3.05) is 13.1 Å². The van der Waals surface area contributed by atoms with Gasteiger partial charge in [0.2, 0.25) is 0 Å². The lowest BCUT2D eigenvalue weighted by molar-refractivity contribution is 0.147. The fourth-order valence-electron chi connectivity index (χ4n) is 4.35. The number of nitrogens with zero attached hydrogens (tertiary/aromatic N) is 3. The lowest BCUT2D eigenvalue weighted by atomic mass is 9.85. The number of likely N-dealkylation sites (tertiary alicyclic amines) is 1. The molecule has 1 aromatic heterocycles. The molecule has 0 saturated carbocycles. The van der Waals surface area contributed by atoms with Gasteiger partial charge in [0.05, 0.1) is 11.7 Å². The van der Waals surface area contributed by atoms with Crippen LogP contribution in [0.4, 0.5) is 4.39 Å². The lowest BCUT2D eigenvalue weighted by Crippen LogP contribution is -2.45. The van der Waals surface area contributed by atoms with Crippen LogP contribution in [-0.4, -0.2) is 33.8 Å². The molecule has 2 aromatic rings. The summed E-state index contributed by atoms with van der Waals surface area (Å²) in [6.45, 7) is 8.16. The molecule has 2 aliphatic heterocycles. The molecule has 2 fully saturated rings. The van der Waals surface area contributed by atoms with Gasteiger partial charge in [-0.3, -0.25) is 15.0 Å². The minimum absolute atomic E-state index is 0.0212. The Morgan fingerprint density at radius 1 is 1.27 bits per heavy atom. The number of hydrazine groups is 1. The standard InChI is InChI=1S/C20H28FN5/c1-3-9-26-12-15(14(2)24-26)11-25-10-8-19-17(13-25)20(23-22-19)16-6-4-5-7-18(16)21/h4-7,12,17,19-20,22-23H,3,8-11,13H2,1-2H3. The Bertz CT molecular complexity index is 758. The second kappa shape index (κ2) is 7.47. The van der Waals surface area contributed by atoms with E-state index >= 15 is 0 Å². The normalized spacial score (nSPS) is 26.2. The van der Waals surface area contributed by atoms with Crippen LogP contribution in [-0.2, 0) is 13.1 Å². The van der Waals surface area contributed by atoms with Gasteiger partial charge >= 0.3 is 0 Å². The molecular weight excluding hydrogens is 329 g/mol. The van der Waals surface area contributed by atoms with E-state index in [2.05, 4.69) is 45.6 Å². The molecule has 6 heteroatoms. The van der Waals surface area contributed by atoms with Gasteiger partial charge in [-0.05, 0) is 25.8 Å². The van der Waals surface area contributed by atoms with Gasteiger partial charge in [0.15, 0.2) is 0 Å². The molecule has 0 spiro atoms. The summed E-state index contributed by atoms with van der Waals surface area (Å²) in [6, 6.07) is 7.54. The van der Waals surface area contributed by atoms with Gasteiger partial charge in [-0.1, -0.05) is 25.1 Å². The summed E-state index contributed by atoms with van der Waals surface area (Å²) in [5.74, 6) is 0.243. The van der Waals surface area contributed by atoms with Crippen molar-refractivity contribution < 1.29 is 4.39 Å². The molecule has 1 aromatic carbocycles. The largest absolute Gasteiger partial charge is 0.298 e. The quantitative estimate of drug-likeness (QED) is 0.864. The number of fused-ring (bicyclic) bond motifs is 1. The zero-order chi connectivity index (χ0) is 18.1. The fourth-order valence-corrected chi connectivity index (χ4v) is 4.35. The molecule has 5 nitrogen and oxygen atoms in total. The SMILES string of the molecule is CCCn1cc(CN2CCC3NNC(c4ccccc4F)C3C2)c(C)n1. The summed E-state index contributed by atoms with van der Waals surface area (Å²) < 4.78 is 16.3. The molecule has 26 heavy (non-hydrogen) atoms. The van der Waals surface area contributed by atoms with E-state index in [1.54, 1.807) is 12.1 Å². The maximum atomic E-state index is 14.3. The fraction of sp³-hybridized carbons (Fsp3) is 0.550. The van der Waals surface area contributed by atoms with Crippen LogP contribution in [0.25, 0.3) is 0 Å². The van der Waals surface area contributed by atoms with E-state index in [1.807, 2.05) is 12.1 Å². The zero-order valence-corrected chi connectivity index (χ0v) is 15.6. The molecule has 0 bridgehead atoms. The Labute approximate surface area is 154 Å². The van der Waals surface area contributed by atoms with Gasteiger partial charge < -0.3 is 0 Å². The van der Waals surface area contributed by atoms with Crippen LogP contribution in [0, 0.1) is 18.7 Å². The van der Waals surface area contributed by atoms with Crippen LogP contribution in [0.15, 0.2) is 30.5 Å². The monoisotopic (exact) mass is 357 g/mol. The first-order valence-electron chi connectivity index (χ1n) is 9.66. The summed E-state index contributed by atoms with van der Waals surface area (Å²) in [6.07, 6.45) is 4.35. The first kappa shape index (κ1) is 17.6. The van der Waals surface area contributed by atoms with E-state index in [-0.39, 0.29) is 11.9 Å². The van der Waals surface area contributed by atoms with Crippen LogP contribution in [0.5, 0.6) is 0 Å². The van der Waals surface area contributed by atoms with Gasteiger partial charge in [0.25, 0.3) is 0 Å². The number of halogens is 1. The average molecular weight is 357 g/mol. The van der Waals surface area contributed by atoms with Crippen LogP contribution < -0.4 is 10.9 Å². The van der Waals surface area contributed by atoms with E-state index < -0.39 is 0 Å². The van der Waals surface area contributed by atoms with Crippen molar-refractivity contribution in [1.29, 1.82) is 0 Å². The van der Waals surface area contributed by atoms with Gasteiger partial charge in [-0.25, -0.2) is 9.82 Å². The van der Waals surface area contributed by atoms with E-state index in [9.17, 15) is 4.39 Å². The summed E-state index contributed by atoms with van der Waals surface area (Å²) in [5.41, 5.74) is 9.92. The molecule has 140 valence electrons. The number of aryl methyl sites for hydroxylation is 2. The highest BCUT2D eigenvalue weighted by atomic mass is 19.1. The number of piperidine rings is 1. The third kappa shape index (κ3) is 3.41. The summed E-state index contributed by atoms with van der Waals surface area (Å²) >= 11 is 0.